The van der Waals surface area contributed by atoms with E-state index in [0.29, 0.717) is 12.1 Å². The maximum absolute atomic E-state index is 15.4. The lowest BCUT2D eigenvalue weighted by molar-refractivity contribution is -0.190. The molecule has 0 aromatic heterocycles. The second kappa shape index (κ2) is 12.1. The van der Waals surface area contributed by atoms with Gasteiger partial charge >= 0.3 is 21.8 Å². The van der Waals surface area contributed by atoms with Gasteiger partial charge < -0.3 is 9.47 Å². The second-order valence-corrected chi connectivity index (χ2v) is 16.5. The molecule has 0 unspecified atom stereocenters. The Balaban J connectivity index is 1.71. The predicted octanol–water partition coefficient (Wildman–Crippen LogP) is 4.69. The van der Waals surface area contributed by atoms with Crippen molar-refractivity contribution in [3.63, 3.8) is 0 Å². The minimum Gasteiger partial charge on any atom is -0.490 e. The average Bonchev–Trinajstić information content (AvgIpc) is 2.92. The van der Waals surface area contributed by atoms with Gasteiger partial charge in [-0.15, -0.1) is 0 Å². The molecule has 9 nitrogen and oxygen atoms in total. The highest BCUT2D eigenvalue weighted by molar-refractivity contribution is 7.92. The molecule has 0 aliphatic carbocycles. The molecule has 21 heteroatoms. The van der Waals surface area contributed by atoms with Crippen molar-refractivity contribution >= 4 is 41.4 Å². The molecule has 0 spiro atoms. The van der Waals surface area contributed by atoms with Crippen molar-refractivity contribution in [3.05, 3.63) is 58.6 Å². The van der Waals surface area contributed by atoms with E-state index in [2.05, 4.69) is 4.18 Å². The largest absolute Gasteiger partial charge is 0.523 e. The lowest BCUT2D eigenvalue weighted by Gasteiger charge is -2.50. The van der Waals surface area contributed by atoms with Crippen LogP contribution in [0.2, 0.25) is 5.02 Å². The molecule has 2 aliphatic rings. The summed E-state index contributed by atoms with van der Waals surface area (Å²) in [4.78, 5) is -0.391. The highest BCUT2D eigenvalue weighted by Crippen LogP contribution is 2.56. The molecule has 0 N–H and O–H groups in total. The summed E-state index contributed by atoms with van der Waals surface area (Å²) in [6, 6.07) is 5.96. The molecule has 0 amide bonds. The molecule has 2 aliphatic heterocycles. The van der Waals surface area contributed by atoms with Gasteiger partial charge in [-0.25, -0.2) is 29.8 Å². The van der Waals surface area contributed by atoms with E-state index in [0.717, 1.165) is 12.1 Å². The number of hydrogen-bond acceptors (Lipinski definition) is 9. The molecule has 252 valence electrons. The Kier molecular flexibility index (Phi) is 9.55. The first-order valence-corrected chi connectivity index (χ1v) is 17.6. The van der Waals surface area contributed by atoms with Crippen molar-refractivity contribution in [2.75, 3.05) is 24.7 Å². The zero-order valence-electron chi connectivity index (χ0n) is 22.2. The minimum atomic E-state index is -6.86. The molecule has 2 aromatic rings. The summed E-state index contributed by atoms with van der Waals surface area (Å²) in [7, 11) is -16.7. The lowest BCUT2D eigenvalue weighted by atomic mass is 9.75. The van der Waals surface area contributed by atoms with Gasteiger partial charge in [0, 0.05) is 17.5 Å². The van der Waals surface area contributed by atoms with Crippen molar-refractivity contribution in [1.82, 2.24) is 0 Å². The number of fused-ring (bicyclic) bond motifs is 3. The molecule has 0 radical (unpaired) electrons. The third kappa shape index (κ3) is 6.76. The van der Waals surface area contributed by atoms with Crippen molar-refractivity contribution < 1.29 is 74.0 Å². The Morgan fingerprint density at radius 1 is 0.933 bits per heavy atom. The third-order valence-corrected chi connectivity index (χ3v) is 12.9. The van der Waals surface area contributed by atoms with Crippen LogP contribution in [0.15, 0.2) is 41.3 Å². The monoisotopic (exact) mass is 736 g/mol. The van der Waals surface area contributed by atoms with Gasteiger partial charge in [-0.1, -0.05) is 11.6 Å². The summed E-state index contributed by atoms with van der Waals surface area (Å²) in [5, 5.41) is 0.131. The third-order valence-electron chi connectivity index (χ3n) is 7.36. The first kappa shape index (κ1) is 35.6. The van der Waals surface area contributed by atoms with Crippen LogP contribution in [0.25, 0.3) is 0 Å². The Hall–Kier alpha value is -2.26. The summed E-state index contributed by atoms with van der Waals surface area (Å²) < 4.78 is 196. The number of ether oxygens (including phenoxy) is 2. The van der Waals surface area contributed by atoms with E-state index in [1.54, 1.807) is 0 Å². The summed E-state index contributed by atoms with van der Waals surface area (Å²) in [5.41, 5.74) is -7.01. The van der Waals surface area contributed by atoms with Gasteiger partial charge in [-0.3, -0.25) is 0 Å². The van der Waals surface area contributed by atoms with Gasteiger partial charge in [0.25, 0.3) is 0 Å². The van der Waals surface area contributed by atoms with E-state index in [9.17, 15) is 56.0 Å². The number of halogens is 9. The van der Waals surface area contributed by atoms with Gasteiger partial charge in [0.2, 0.25) is 0 Å². The van der Waals surface area contributed by atoms with Gasteiger partial charge in [0.1, 0.15) is 10.6 Å². The Morgan fingerprint density at radius 2 is 1.53 bits per heavy atom. The molecule has 2 heterocycles. The van der Waals surface area contributed by atoms with Crippen molar-refractivity contribution in [2.45, 2.75) is 46.4 Å². The topological polar surface area (TPSA) is 130 Å². The van der Waals surface area contributed by atoms with Gasteiger partial charge in [-0.2, -0.15) is 34.8 Å². The summed E-state index contributed by atoms with van der Waals surface area (Å²) >= 11 is 5.87. The molecule has 0 bridgehead atoms. The quantitative estimate of drug-likeness (QED) is 0.205. The van der Waals surface area contributed by atoms with Crippen molar-refractivity contribution in [1.29, 1.82) is 0 Å². The highest BCUT2D eigenvalue weighted by Gasteiger charge is 2.62. The predicted molar refractivity (Wildman–Crippen MR) is 139 cm³/mol. The Morgan fingerprint density at radius 3 is 2.11 bits per heavy atom. The maximum Gasteiger partial charge on any atom is 0.523 e. The highest BCUT2D eigenvalue weighted by atomic mass is 35.5. The first-order valence-electron chi connectivity index (χ1n) is 12.5. The van der Waals surface area contributed by atoms with Crippen LogP contribution < -0.4 is 4.74 Å². The molecule has 2 aromatic carbocycles. The number of alkyl halides is 6. The standard InChI is InChI=1S/C24H21ClF8O9S3/c25-13-1-3-14(4-2-13)44(36,37)22-8-9-40-18(15(22)11-41-21-17(27)6-5-16(26)20(21)22)7-10-43(34,35)12-19(23(28,29)30)42-45(38,39)24(31,32)33/h1-6,15,18-19H,7-12H2/t15-,18-,19-,22-/m0/s1. The van der Waals surface area contributed by atoms with Crippen LogP contribution in [-0.2, 0) is 43.5 Å². The fourth-order valence-corrected chi connectivity index (χ4v) is 9.95. The van der Waals surface area contributed by atoms with Crippen molar-refractivity contribution in [2.24, 2.45) is 5.92 Å². The fraction of sp³-hybridized carbons (Fsp3) is 0.500. The smallest absolute Gasteiger partial charge is 0.490 e. The van der Waals surface area contributed by atoms with Gasteiger partial charge in [-0.05, 0) is 49.2 Å². The van der Waals surface area contributed by atoms with Crippen LogP contribution in [0, 0.1) is 17.6 Å². The van der Waals surface area contributed by atoms with E-state index < -0.39 is 130 Å². The Labute approximate surface area is 256 Å². The van der Waals surface area contributed by atoms with E-state index in [1.807, 2.05) is 0 Å². The normalized spacial score (nSPS) is 23.5. The van der Waals surface area contributed by atoms with Crippen LogP contribution in [-0.4, -0.2) is 73.9 Å². The van der Waals surface area contributed by atoms with E-state index in [-0.39, 0.29) is 5.02 Å². The van der Waals surface area contributed by atoms with Gasteiger partial charge in [0.05, 0.1) is 34.7 Å². The van der Waals surface area contributed by atoms with Crippen molar-refractivity contribution in [3.8, 4) is 5.75 Å². The number of sulfone groups is 2. The van der Waals surface area contributed by atoms with Gasteiger partial charge in [0.15, 0.2) is 37.3 Å². The molecule has 45 heavy (non-hydrogen) atoms. The zero-order chi connectivity index (χ0) is 33.8. The second-order valence-electron chi connectivity index (χ2n) is 10.1. The van der Waals surface area contributed by atoms with E-state index >= 15 is 4.39 Å². The molecule has 1 saturated heterocycles. The number of hydrogen-bond donors (Lipinski definition) is 0. The minimum absolute atomic E-state index is 0.131. The molecule has 1 fully saturated rings. The van der Waals surface area contributed by atoms with Crippen LogP contribution >= 0.6 is 11.6 Å². The van der Waals surface area contributed by atoms with E-state index in [4.69, 9.17) is 21.1 Å². The van der Waals surface area contributed by atoms with Crippen LogP contribution in [0.4, 0.5) is 35.1 Å². The number of benzene rings is 2. The average molecular weight is 737 g/mol. The maximum atomic E-state index is 15.4. The van der Waals surface area contributed by atoms with Crippen LogP contribution in [0.1, 0.15) is 18.4 Å². The number of rotatable bonds is 9. The fourth-order valence-electron chi connectivity index (χ4n) is 5.33. The molecule has 4 atom stereocenters. The SMILES string of the molecule is O=S(=O)(CC[C@@H]1OCC[C@@]2(S(=O)(=O)c3ccc(Cl)cc3)c3c(F)ccc(F)c3OC[C@@H]12)C[C@H](OS(=O)(=O)C(F)(F)F)C(F)(F)F. The lowest BCUT2D eigenvalue weighted by Crippen LogP contribution is -2.57. The zero-order valence-corrected chi connectivity index (χ0v) is 25.4. The molecular weight excluding hydrogens is 716 g/mol. The molecule has 4 rings (SSSR count). The molecule has 0 saturated carbocycles. The summed E-state index contributed by atoms with van der Waals surface area (Å²) in [6.45, 7) is -1.19. The van der Waals surface area contributed by atoms with Crippen LogP contribution in [0.3, 0.4) is 0 Å². The van der Waals surface area contributed by atoms with Crippen LogP contribution in [0.5, 0.6) is 5.75 Å². The Bertz CT molecular complexity index is 1760. The summed E-state index contributed by atoms with van der Waals surface area (Å²) in [6.07, 6.45) is -12.6. The summed E-state index contributed by atoms with van der Waals surface area (Å²) in [5.74, 6) is -8.09. The molecular formula is C24H21ClF8O9S3. The van der Waals surface area contributed by atoms with E-state index in [1.165, 1.54) is 12.1 Å². The first-order chi connectivity index (χ1) is 20.5.